The van der Waals surface area contributed by atoms with Crippen molar-refractivity contribution in [1.29, 1.82) is 0 Å². The van der Waals surface area contributed by atoms with E-state index in [0.29, 0.717) is 39.5 Å². The lowest BCUT2D eigenvalue weighted by molar-refractivity contribution is 0.109. The summed E-state index contributed by atoms with van der Waals surface area (Å²) in [6.45, 7) is 3.57. The van der Waals surface area contributed by atoms with E-state index in [2.05, 4.69) is 77.7 Å². The van der Waals surface area contributed by atoms with Crippen LogP contribution in [0.3, 0.4) is 0 Å². The molecule has 6 rings (SSSR count). The minimum Gasteiger partial charge on any atom is -0.478 e. The Morgan fingerprint density at radius 2 is 1.05 bits per heavy atom. The van der Waals surface area contributed by atoms with Crippen LogP contribution in [0, 0.1) is 0 Å². The summed E-state index contributed by atoms with van der Waals surface area (Å²) in [5.74, 6) is 1.53. The third-order valence-electron chi connectivity index (χ3n) is 7.31. The van der Waals surface area contributed by atoms with Crippen molar-refractivity contribution in [3.05, 3.63) is 108 Å². The topological polar surface area (TPSA) is 68.0 Å². The zero-order chi connectivity index (χ0) is 27.0. The van der Waals surface area contributed by atoms with Crippen LogP contribution in [-0.2, 0) is 33.5 Å². The summed E-state index contributed by atoms with van der Waals surface area (Å²) in [6.07, 6.45) is 2.38. The van der Waals surface area contributed by atoms with Gasteiger partial charge < -0.3 is 14.2 Å². The molecule has 7 nitrogen and oxygen atoms in total. The Morgan fingerprint density at radius 1 is 0.575 bits per heavy atom. The Morgan fingerprint density at radius 3 is 1.55 bits per heavy atom. The molecule has 0 aliphatic carbocycles. The molecule has 3 aromatic carbocycles. The molecule has 40 heavy (non-hydrogen) atoms. The smallest absolute Gasteiger partial charge is 0.198 e. The molecule has 0 N–H and O–H groups in total. The van der Waals surface area contributed by atoms with Crippen LogP contribution in [0.1, 0.15) is 16.7 Å². The van der Waals surface area contributed by atoms with Gasteiger partial charge in [-0.3, -0.25) is 9.89 Å². The van der Waals surface area contributed by atoms with Crippen LogP contribution in [0.15, 0.2) is 106 Å². The summed E-state index contributed by atoms with van der Waals surface area (Å²) in [4.78, 5) is 17.0. The van der Waals surface area contributed by atoms with Crippen LogP contribution in [0.5, 0.6) is 0 Å². The van der Waals surface area contributed by atoms with Crippen molar-refractivity contribution >= 4 is 17.5 Å². The molecule has 0 bridgehead atoms. The van der Waals surface area contributed by atoms with Crippen molar-refractivity contribution in [1.82, 2.24) is 4.90 Å². The minimum atomic E-state index is -0.148. The molecular weight excluding hydrogens is 500 g/mol. The first-order valence-electron chi connectivity index (χ1n) is 14.2. The van der Waals surface area contributed by atoms with Gasteiger partial charge in [-0.15, -0.1) is 0 Å². The third kappa shape index (κ3) is 7.43. The molecule has 3 atom stereocenters. The predicted molar refractivity (Wildman–Crippen MR) is 158 cm³/mol. The maximum absolute atomic E-state index is 6.05. The molecule has 3 heterocycles. The number of aliphatic imine (C=N–C) groups is 3. The Hall–Kier alpha value is -3.81. The fourth-order valence-electron chi connectivity index (χ4n) is 5.38. The molecule has 3 aliphatic heterocycles. The number of hydrogen-bond acceptors (Lipinski definition) is 7. The van der Waals surface area contributed by atoms with Gasteiger partial charge in [-0.2, -0.15) is 0 Å². The van der Waals surface area contributed by atoms with E-state index in [9.17, 15) is 0 Å². The van der Waals surface area contributed by atoms with Crippen LogP contribution >= 0.6 is 0 Å². The molecule has 3 aliphatic rings. The Kier molecular flexibility index (Phi) is 8.60. The zero-order valence-electron chi connectivity index (χ0n) is 22.8. The second kappa shape index (κ2) is 13.0. The van der Waals surface area contributed by atoms with Crippen molar-refractivity contribution in [3.63, 3.8) is 0 Å². The molecule has 0 unspecified atom stereocenters. The fourth-order valence-corrected chi connectivity index (χ4v) is 5.38. The second-order valence-electron chi connectivity index (χ2n) is 10.7. The monoisotopic (exact) mass is 536 g/mol. The van der Waals surface area contributed by atoms with Gasteiger partial charge in [0.2, 0.25) is 0 Å². The molecule has 206 valence electrons. The second-order valence-corrected chi connectivity index (χ2v) is 10.7. The van der Waals surface area contributed by atoms with E-state index in [-0.39, 0.29) is 18.3 Å². The van der Waals surface area contributed by atoms with Crippen molar-refractivity contribution in [2.45, 2.75) is 37.6 Å². The highest BCUT2D eigenvalue weighted by Gasteiger charge is 2.27. The highest BCUT2D eigenvalue weighted by Crippen LogP contribution is 2.17. The van der Waals surface area contributed by atoms with Gasteiger partial charge in [-0.05, 0) is 29.5 Å². The van der Waals surface area contributed by atoms with Gasteiger partial charge in [0.1, 0.15) is 13.2 Å². The lowest BCUT2D eigenvalue weighted by Gasteiger charge is -2.21. The summed E-state index contributed by atoms with van der Waals surface area (Å²) in [5, 5.41) is 0. The summed E-state index contributed by atoms with van der Waals surface area (Å²) < 4.78 is 18.1. The lowest BCUT2D eigenvalue weighted by Crippen LogP contribution is -2.39. The summed E-state index contributed by atoms with van der Waals surface area (Å²) in [7, 11) is 0. The van der Waals surface area contributed by atoms with Gasteiger partial charge in [0, 0.05) is 13.0 Å². The summed E-state index contributed by atoms with van der Waals surface area (Å²) in [6, 6.07) is 31.6. The van der Waals surface area contributed by atoms with Gasteiger partial charge >= 0.3 is 0 Å². The van der Waals surface area contributed by atoms with E-state index < -0.39 is 0 Å². The van der Waals surface area contributed by atoms with E-state index in [4.69, 9.17) is 29.2 Å². The van der Waals surface area contributed by atoms with Gasteiger partial charge in [0.25, 0.3) is 0 Å². The molecule has 7 heteroatoms. The molecule has 0 aromatic heterocycles. The molecule has 0 saturated carbocycles. The minimum absolute atomic E-state index is 0.136. The standard InChI is InChI=1S/C33H36N4O3/c1-4-10-25(11-5-1)16-28-22-39-32(34-28)20-37(19-30-24-38-31(36-30)18-27-14-8-3-9-15-27)21-33-35-29(23-40-33)17-26-12-6-2-7-13-26/h1-15,28-29,31H,16-24H2/t28-,29-,31+/m0/s1. The lowest BCUT2D eigenvalue weighted by atomic mass is 10.1. The Balaban J connectivity index is 1.11. The van der Waals surface area contributed by atoms with Crippen LogP contribution in [0.4, 0.5) is 0 Å². The number of ether oxygens (including phenoxy) is 3. The maximum Gasteiger partial charge on any atom is 0.198 e. The third-order valence-corrected chi connectivity index (χ3v) is 7.31. The molecule has 0 saturated heterocycles. The molecular formula is C33H36N4O3. The summed E-state index contributed by atoms with van der Waals surface area (Å²) in [5.41, 5.74) is 4.81. The van der Waals surface area contributed by atoms with E-state index in [1.807, 2.05) is 18.2 Å². The molecule has 0 amide bonds. The Bertz CT molecular complexity index is 1160. The number of rotatable bonds is 12. The van der Waals surface area contributed by atoms with Crippen LogP contribution in [0.25, 0.3) is 0 Å². The molecule has 0 spiro atoms. The number of hydrogen-bond donors (Lipinski definition) is 0. The average molecular weight is 537 g/mol. The van der Waals surface area contributed by atoms with E-state index in [0.717, 1.165) is 36.8 Å². The SMILES string of the molecule is c1ccc(C[C@H]2COC(CN(CC3=N[C@@H](Cc4ccccc4)OC3)CC3=N[C@@H](Cc4ccccc4)CO3)=N2)cc1. The first kappa shape index (κ1) is 26.4. The molecule has 3 aromatic rings. The molecule has 0 fully saturated rings. The van der Waals surface area contributed by atoms with Crippen molar-refractivity contribution in [2.75, 3.05) is 39.5 Å². The highest BCUT2D eigenvalue weighted by molar-refractivity contribution is 5.90. The average Bonchev–Trinajstić information content (AvgIpc) is 3.73. The largest absolute Gasteiger partial charge is 0.478 e. The van der Waals surface area contributed by atoms with E-state index in [1.54, 1.807) is 0 Å². The van der Waals surface area contributed by atoms with Gasteiger partial charge in [0.15, 0.2) is 18.0 Å². The quantitative estimate of drug-likeness (QED) is 0.344. The fraction of sp³-hybridized carbons (Fsp3) is 0.364. The van der Waals surface area contributed by atoms with Crippen molar-refractivity contribution < 1.29 is 14.2 Å². The predicted octanol–water partition coefficient (Wildman–Crippen LogP) is 4.41. The van der Waals surface area contributed by atoms with E-state index in [1.165, 1.54) is 16.7 Å². The maximum atomic E-state index is 6.05. The van der Waals surface area contributed by atoms with E-state index >= 15 is 0 Å². The van der Waals surface area contributed by atoms with Crippen LogP contribution < -0.4 is 0 Å². The normalized spacial score (nSPS) is 22.0. The van der Waals surface area contributed by atoms with Crippen LogP contribution in [0.2, 0.25) is 0 Å². The number of nitrogens with zero attached hydrogens (tertiary/aromatic N) is 4. The van der Waals surface area contributed by atoms with Gasteiger partial charge in [0.05, 0.1) is 37.5 Å². The van der Waals surface area contributed by atoms with Gasteiger partial charge in [-0.1, -0.05) is 91.0 Å². The first-order chi connectivity index (χ1) is 19.7. The van der Waals surface area contributed by atoms with Crippen molar-refractivity contribution in [3.8, 4) is 0 Å². The number of benzene rings is 3. The molecule has 0 radical (unpaired) electrons. The van der Waals surface area contributed by atoms with Gasteiger partial charge in [-0.25, -0.2) is 9.98 Å². The first-order valence-corrected chi connectivity index (χ1v) is 14.2. The van der Waals surface area contributed by atoms with Crippen molar-refractivity contribution in [2.24, 2.45) is 15.0 Å². The Labute approximate surface area is 236 Å². The van der Waals surface area contributed by atoms with Crippen LogP contribution in [-0.4, -0.2) is 80.2 Å². The highest BCUT2D eigenvalue weighted by atomic mass is 16.5. The zero-order valence-corrected chi connectivity index (χ0v) is 22.8. The summed E-state index contributed by atoms with van der Waals surface area (Å²) >= 11 is 0.